The fourth-order valence-electron chi connectivity index (χ4n) is 2.11. The maximum absolute atomic E-state index is 11.5. The Hall–Kier alpha value is -0.870. The van der Waals surface area contributed by atoms with E-state index in [0.717, 1.165) is 0 Å². The first-order valence-corrected chi connectivity index (χ1v) is 7.29. The summed E-state index contributed by atoms with van der Waals surface area (Å²) < 4.78 is 4.79. The summed E-state index contributed by atoms with van der Waals surface area (Å²) in [5.74, 6) is -0.158. The zero-order chi connectivity index (χ0) is 13.2. The molecule has 1 aromatic rings. The summed E-state index contributed by atoms with van der Waals surface area (Å²) in [6, 6.07) is 4.60. The van der Waals surface area contributed by atoms with Crippen LogP contribution in [0, 0.1) is 5.41 Å². The molecule has 1 aliphatic carbocycles. The van der Waals surface area contributed by atoms with E-state index in [4.69, 9.17) is 4.74 Å². The monoisotopic (exact) mass is 267 g/mol. The quantitative estimate of drug-likeness (QED) is 0.805. The van der Waals surface area contributed by atoms with E-state index >= 15 is 0 Å². The Labute approximate surface area is 113 Å². The van der Waals surface area contributed by atoms with Gasteiger partial charge in [-0.2, -0.15) is 0 Å². The molecule has 0 spiro atoms. The second kappa shape index (κ2) is 5.41. The Morgan fingerprint density at radius 3 is 2.83 bits per heavy atom. The molecule has 1 aliphatic rings. The van der Waals surface area contributed by atoms with Crippen LogP contribution in [0.3, 0.4) is 0 Å². The van der Waals surface area contributed by atoms with Gasteiger partial charge in [-0.15, -0.1) is 11.3 Å². The van der Waals surface area contributed by atoms with Gasteiger partial charge in [-0.05, 0) is 36.6 Å². The predicted octanol–water partition coefficient (Wildman–Crippen LogP) is 3.13. The van der Waals surface area contributed by atoms with Crippen molar-refractivity contribution < 1.29 is 9.53 Å². The number of carbonyl (C=O) groups excluding carboxylic acids is 1. The number of esters is 1. The molecule has 1 fully saturated rings. The zero-order valence-corrected chi connectivity index (χ0v) is 12.0. The molecule has 4 heteroatoms. The van der Waals surface area contributed by atoms with E-state index in [1.165, 1.54) is 24.8 Å². The van der Waals surface area contributed by atoms with Gasteiger partial charge in [0.2, 0.25) is 0 Å². The fourth-order valence-corrected chi connectivity index (χ4v) is 2.90. The van der Waals surface area contributed by atoms with Crippen LogP contribution in [-0.4, -0.2) is 19.1 Å². The lowest BCUT2D eigenvalue weighted by Gasteiger charge is -2.26. The van der Waals surface area contributed by atoms with Gasteiger partial charge in [0.15, 0.2) is 0 Å². The third-order valence-corrected chi connectivity index (χ3v) is 5.01. The Kier molecular flexibility index (Phi) is 4.07. The van der Waals surface area contributed by atoms with Gasteiger partial charge in [0.05, 0.1) is 19.6 Å². The molecule has 0 saturated heterocycles. The van der Waals surface area contributed by atoms with Crippen LogP contribution >= 0.6 is 11.3 Å². The van der Waals surface area contributed by atoms with Crippen LogP contribution in [0.25, 0.3) is 0 Å². The second-order valence-electron chi connectivity index (χ2n) is 5.39. The molecule has 0 aromatic carbocycles. The molecule has 0 aliphatic heterocycles. The summed E-state index contributed by atoms with van der Waals surface area (Å²) in [6.45, 7) is 4.51. The van der Waals surface area contributed by atoms with Gasteiger partial charge in [-0.1, -0.05) is 13.0 Å². The highest BCUT2D eigenvalue weighted by atomic mass is 32.1. The summed E-state index contributed by atoms with van der Waals surface area (Å²) in [4.78, 5) is 12.7. The summed E-state index contributed by atoms with van der Waals surface area (Å²) in [6.07, 6.45) is 2.95. The molecule has 2 unspecified atom stereocenters. The molecule has 0 bridgehead atoms. The van der Waals surface area contributed by atoms with E-state index in [1.807, 2.05) is 11.4 Å². The lowest BCUT2D eigenvalue weighted by Crippen LogP contribution is -2.37. The normalized spacial score (nSPS) is 20.2. The van der Waals surface area contributed by atoms with Crippen LogP contribution in [0.4, 0.5) is 0 Å². The first-order chi connectivity index (χ1) is 8.55. The van der Waals surface area contributed by atoms with E-state index < -0.39 is 0 Å². The Morgan fingerprint density at radius 1 is 1.61 bits per heavy atom. The minimum atomic E-state index is -0.158. The summed E-state index contributed by atoms with van der Waals surface area (Å²) in [7, 11) is 1.44. The summed E-state index contributed by atoms with van der Waals surface area (Å²) in [5, 5.41) is 5.64. The molecule has 1 N–H and O–H groups in total. The average Bonchev–Trinajstić information content (AvgIpc) is 2.91. The number of nitrogens with one attached hydrogen (secondary N) is 1. The highest BCUT2D eigenvalue weighted by molar-refractivity contribution is 7.10. The van der Waals surface area contributed by atoms with E-state index in [2.05, 4.69) is 25.2 Å². The van der Waals surface area contributed by atoms with Crippen molar-refractivity contribution in [2.75, 3.05) is 7.11 Å². The highest BCUT2D eigenvalue weighted by Gasteiger charge is 2.43. The van der Waals surface area contributed by atoms with Gasteiger partial charge in [-0.25, -0.2) is 0 Å². The van der Waals surface area contributed by atoms with E-state index in [-0.39, 0.29) is 12.0 Å². The number of rotatable bonds is 6. The van der Waals surface area contributed by atoms with Crippen molar-refractivity contribution in [1.29, 1.82) is 0 Å². The number of hydrogen-bond acceptors (Lipinski definition) is 4. The molecular formula is C14H21NO2S. The Morgan fingerprint density at radius 2 is 2.33 bits per heavy atom. The van der Waals surface area contributed by atoms with Crippen molar-refractivity contribution in [3.63, 3.8) is 0 Å². The van der Waals surface area contributed by atoms with Gasteiger partial charge in [-0.3, -0.25) is 4.79 Å². The van der Waals surface area contributed by atoms with Gasteiger partial charge in [0.1, 0.15) is 0 Å². The minimum absolute atomic E-state index is 0.0740. The fraction of sp³-hybridized carbons (Fsp3) is 0.643. The molecule has 100 valence electrons. The molecule has 1 heterocycles. The molecule has 18 heavy (non-hydrogen) atoms. The number of hydrogen-bond donors (Lipinski definition) is 1. The lowest BCUT2D eigenvalue weighted by atomic mass is 9.99. The van der Waals surface area contributed by atoms with E-state index in [0.29, 0.717) is 17.9 Å². The van der Waals surface area contributed by atoms with Crippen LogP contribution in [0.5, 0.6) is 0 Å². The predicted molar refractivity (Wildman–Crippen MR) is 73.6 cm³/mol. The van der Waals surface area contributed by atoms with E-state index in [1.54, 1.807) is 11.3 Å². The van der Waals surface area contributed by atoms with Crippen LogP contribution in [0.15, 0.2) is 17.5 Å². The molecule has 0 amide bonds. The van der Waals surface area contributed by atoms with E-state index in [9.17, 15) is 4.79 Å². The summed E-state index contributed by atoms with van der Waals surface area (Å²) >= 11 is 1.69. The summed E-state index contributed by atoms with van der Waals surface area (Å²) in [5.41, 5.74) is 0.408. The second-order valence-corrected chi connectivity index (χ2v) is 6.37. The van der Waals surface area contributed by atoms with Gasteiger partial charge >= 0.3 is 5.97 Å². The molecule has 2 rings (SSSR count). The largest absolute Gasteiger partial charge is 0.469 e. The number of carbonyl (C=O) groups is 1. The topological polar surface area (TPSA) is 38.3 Å². The molecule has 1 saturated carbocycles. The van der Waals surface area contributed by atoms with Crippen molar-refractivity contribution in [2.24, 2.45) is 5.41 Å². The molecule has 3 nitrogen and oxygen atoms in total. The first kappa shape index (κ1) is 13.6. The van der Waals surface area contributed by atoms with Crippen molar-refractivity contribution in [3.8, 4) is 0 Å². The zero-order valence-electron chi connectivity index (χ0n) is 11.2. The van der Waals surface area contributed by atoms with Crippen molar-refractivity contribution in [3.05, 3.63) is 22.4 Å². The van der Waals surface area contributed by atoms with Crippen molar-refractivity contribution in [2.45, 2.75) is 45.2 Å². The average molecular weight is 267 g/mol. The van der Waals surface area contributed by atoms with Crippen LogP contribution in [0.2, 0.25) is 0 Å². The number of thiophene rings is 1. The molecular weight excluding hydrogens is 246 g/mol. The minimum Gasteiger partial charge on any atom is -0.469 e. The molecule has 1 aromatic heterocycles. The SMILES string of the molecule is COC(=O)CC(NC(C)C1(C)CC1)c1cccs1. The van der Waals surface area contributed by atoms with Gasteiger partial charge in [0.25, 0.3) is 0 Å². The van der Waals surface area contributed by atoms with Crippen molar-refractivity contribution in [1.82, 2.24) is 5.32 Å². The highest BCUT2D eigenvalue weighted by Crippen LogP contribution is 2.48. The van der Waals surface area contributed by atoms with Gasteiger partial charge in [0, 0.05) is 10.9 Å². The van der Waals surface area contributed by atoms with Crippen LogP contribution in [-0.2, 0) is 9.53 Å². The molecule has 0 radical (unpaired) electrons. The third kappa shape index (κ3) is 3.12. The third-order valence-electron chi connectivity index (χ3n) is 4.02. The van der Waals surface area contributed by atoms with Crippen molar-refractivity contribution >= 4 is 17.3 Å². The number of ether oxygens (including phenoxy) is 1. The van der Waals surface area contributed by atoms with Crippen LogP contribution < -0.4 is 5.32 Å². The molecule has 2 atom stereocenters. The lowest BCUT2D eigenvalue weighted by molar-refractivity contribution is -0.141. The Balaban J connectivity index is 2.02. The number of methoxy groups -OCH3 is 1. The van der Waals surface area contributed by atoms with Gasteiger partial charge < -0.3 is 10.1 Å². The first-order valence-electron chi connectivity index (χ1n) is 6.41. The maximum Gasteiger partial charge on any atom is 0.307 e. The smallest absolute Gasteiger partial charge is 0.307 e. The van der Waals surface area contributed by atoms with Crippen LogP contribution in [0.1, 0.15) is 44.0 Å². The Bertz CT molecular complexity index is 398. The maximum atomic E-state index is 11.5. The standard InChI is InChI=1S/C14H21NO2S/c1-10(14(2)6-7-14)15-11(9-13(16)17-3)12-5-4-8-18-12/h4-5,8,10-11,15H,6-7,9H2,1-3H3.